The lowest BCUT2D eigenvalue weighted by Crippen LogP contribution is -2.40. The van der Waals surface area contributed by atoms with Crippen LogP contribution in [0.4, 0.5) is 5.82 Å². The maximum Gasteiger partial charge on any atom is 0.270 e. The summed E-state index contributed by atoms with van der Waals surface area (Å²) in [6, 6.07) is 5.56. The van der Waals surface area contributed by atoms with E-state index in [1.165, 1.54) is 0 Å². The molecule has 0 spiro atoms. The summed E-state index contributed by atoms with van der Waals surface area (Å²) in [4.78, 5) is 15.9. The van der Waals surface area contributed by atoms with E-state index in [0.29, 0.717) is 11.5 Å². The molecule has 5 N–H and O–H groups in total. The van der Waals surface area contributed by atoms with Crippen LogP contribution >= 0.6 is 0 Å². The fourth-order valence-electron chi connectivity index (χ4n) is 2.10. The largest absolute Gasteiger partial charge is 0.384 e. The number of nitrogens with one attached hydrogen (secondary N) is 1. The zero-order chi connectivity index (χ0) is 12.3. The SMILES string of the molecule is Nc1cccc(C(=O)NC2CCC(N)CC2)n1. The molecule has 1 aliphatic carbocycles. The van der Waals surface area contributed by atoms with Crippen molar-refractivity contribution in [2.75, 3.05) is 5.73 Å². The molecule has 17 heavy (non-hydrogen) atoms. The Labute approximate surface area is 101 Å². The van der Waals surface area contributed by atoms with Crippen LogP contribution in [0.1, 0.15) is 36.2 Å². The fourth-order valence-corrected chi connectivity index (χ4v) is 2.10. The summed E-state index contributed by atoms with van der Waals surface area (Å²) < 4.78 is 0. The highest BCUT2D eigenvalue weighted by Crippen LogP contribution is 2.17. The highest BCUT2D eigenvalue weighted by Gasteiger charge is 2.20. The van der Waals surface area contributed by atoms with Gasteiger partial charge in [-0.3, -0.25) is 4.79 Å². The molecule has 1 aromatic heterocycles. The van der Waals surface area contributed by atoms with Crippen molar-refractivity contribution >= 4 is 11.7 Å². The van der Waals surface area contributed by atoms with E-state index in [1.807, 2.05) is 0 Å². The number of hydrogen-bond donors (Lipinski definition) is 3. The Hall–Kier alpha value is -1.62. The minimum absolute atomic E-state index is 0.155. The highest BCUT2D eigenvalue weighted by atomic mass is 16.1. The van der Waals surface area contributed by atoms with Crippen molar-refractivity contribution in [3.8, 4) is 0 Å². The molecule has 92 valence electrons. The zero-order valence-electron chi connectivity index (χ0n) is 9.73. The van der Waals surface area contributed by atoms with Gasteiger partial charge in [-0.05, 0) is 37.8 Å². The molecule has 0 atom stereocenters. The molecule has 2 rings (SSSR count). The van der Waals surface area contributed by atoms with Crippen molar-refractivity contribution in [2.45, 2.75) is 37.8 Å². The van der Waals surface area contributed by atoms with Crippen LogP contribution < -0.4 is 16.8 Å². The van der Waals surface area contributed by atoms with Crippen LogP contribution in [-0.2, 0) is 0 Å². The van der Waals surface area contributed by atoms with E-state index in [2.05, 4.69) is 10.3 Å². The second kappa shape index (κ2) is 5.14. The van der Waals surface area contributed by atoms with Crippen molar-refractivity contribution in [1.82, 2.24) is 10.3 Å². The summed E-state index contributed by atoms with van der Waals surface area (Å²) in [7, 11) is 0. The van der Waals surface area contributed by atoms with Gasteiger partial charge in [-0.2, -0.15) is 0 Å². The van der Waals surface area contributed by atoms with E-state index >= 15 is 0 Å². The van der Waals surface area contributed by atoms with E-state index in [-0.39, 0.29) is 18.0 Å². The third-order valence-electron chi connectivity index (χ3n) is 3.11. The maximum atomic E-state index is 11.9. The smallest absolute Gasteiger partial charge is 0.270 e. The number of nitrogen functional groups attached to an aromatic ring is 1. The van der Waals surface area contributed by atoms with Gasteiger partial charge >= 0.3 is 0 Å². The highest BCUT2D eigenvalue weighted by molar-refractivity contribution is 5.92. The molecule has 1 aromatic rings. The van der Waals surface area contributed by atoms with Gasteiger partial charge in [-0.15, -0.1) is 0 Å². The maximum absolute atomic E-state index is 11.9. The third-order valence-corrected chi connectivity index (χ3v) is 3.11. The Bertz CT molecular complexity index is 399. The molecule has 1 saturated carbocycles. The minimum atomic E-state index is -0.155. The molecule has 0 bridgehead atoms. The van der Waals surface area contributed by atoms with Gasteiger partial charge in [0.05, 0.1) is 0 Å². The number of amides is 1. The van der Waals surface area contributed by atoms with Crippen molar-refractivity contribution in [3.05, 3.63) is 23.9 Å². The first-order valence-corrected chi connectivity index (χ1v) is 5.94. The number of nitrogens with two attached hydrogens (primary N) is 2. The van der Waals surface area contributed by atoms with E-state index in [4.69, 9.17) is 11.5 Å². The molecule has 0 aliphatic heterocycles. The second-order valence-corrected chi connectivity index (χ2v) is 4.53. The quantitative estimate of drug-likeness (QED) is 0.700. The summed E-state index contributed by atoms with van der Waals surface area (Å²) in [6.45, 7) is 0. The van der Waals surface area contributed by atoms with Crippen molar-refractivity contribution in [2.24, 2.45) is 5.73 Å². The Morgan fingerprint density at radius 1 is 1.29 bits per heavy atom. The summed E-state index contributed by atoms with van der Waals surface area (Å²) in [5.74, 6) is 0.209. The third kappa shape index (κ3) is 3.17. The molecule has 1 fully saturated rings. The normalized spacial score (nSPS) is 24.3. The van der Waals surface area contributed by atoms with Gasteiger partial charge in [-0.1, -0.05) is 6.07 Å². The van der Waals surface area contributed by atoms with Gasteiger partial charge in [0, 0.05) is 12.1 Å². The molecule has 1 aliphatic rings. The lowest BCUT2D eigenvalue weighted by Gasteiger charge is -2.26. The summed E-state index contributed by atoms with van der Waals surface area (Å²) in [5.41, 5.74) is 11.7. The molecule has 0 saturated heterocycles. The second-order valence-electron chi connectivity index (χ2n) is 4.53. The molecule has 0 unspecified atom stereocenters. The molecule has 1 heterocycles. The zero-order valence-corrected chi connectivity index (χ0v) is 9.73. The number of anilines is 1. The van der Waals surface area contributed by atoms with Crippen LogP contribution in [0.5, 0.6) is 0 Å². The van der Waals surface area contributed by atoms with Crippen LogP contribution in [0.15, 0.2) is 18.2 Å². The van der Waals surface area contributed by atoms with Gasteiger partial charge < -0.3 is 16.8 Å². The predicted molar refractivity (Wildman–Crippen MR) is 66.3 cm³/mol. The van der Waals surface area contributed by atoms with Gasteiger partial charge in [-0.25, -0.2) is 4.98 Å². The first kappa shape index (κ1) is 11.9. The van der Waals surface area contributed by atoms with Crippen LogP contribution in [-0.4, -0.2) is 23.0 Å². The lowest BCUT2D eigenvalue weighted by atomic mass is 9.92. The van der Waals surface area contributed by atoms with Crippen LogP contribution in [0, 0.1) is 0 Å². The van der Waals surface area contributed by atoms with Crippen LogP contribution in [0.3, 0.4) is 0 Å². The number of carbonyl (C=O) groups excluding carboxylic acids is 1. The average molecular weight is 234 g/mol. The Morgan fingerprint density at radius 3 is 2.65 bits per heavy atom. The van der Waals surface area contributed by atoms with E-state index in [9.17, 15) is 4.79 Å². The fraction of sp³-hybridized carbons (Fsp3) is 0.500. The van der Waals surface area contributed by atoms with Gasteiger partial charge in [0.15, 0.2) is 0 Å². The summed E-state index contributed by atoms with van der Waals surface area (Å²) >= 11 is 0. The summed E-state index contributed by atoms with van der Waals surface area (Å²) in [6.07, 6.45) is 3.81. The lowest BCUT2D eigenvalue weighted by molar-refractivity contribution is 0.0921. The number of rotatable bonds is 2. The Balaban J connectivity index is 1.93. The standard InChI is InChI=1S/C12H18N4O/c13-8-4-6-9(7-5-8)15-12(17)10-2-1-3-11(14)16-10/h1-3,8-9H,4-7,13H2,(H2,14,16)(H,15,17). The Kier molecular flexibility index (Phi) is 3.58. The first-order valence-electron chi connectivity index (χ1n) is 5.94. The van der Waals surface area contributed by atoms with Crippen molar-refractivity contribution in [1.29, 1.82) is 0 Å². The molecule has 0 radical (unpaired) electrons. The number of nitrogens with zero attached hydrogens (tertiary/aromatic N) is 1. The van der Waals surface area contributed by atoms with Gasteiger partial charge in [0.2, 0.25) is 0 Å². The van der Waals surface area contributed by atoms with Crippen LogP contribution in [0.2, 0.25) is 0 Å². The number of hydrogen-bond acceptors (Lipinski definition) is 4. The molecule has 0 aromatic carbocycles. The van der Waals surface area contributed by atoms with E-state index < -0.39 is 0 Å². The Morgan fingerprint density at radius 2 is 2.00 bits per heavy atom. The monoisotopic (exact) mass is 234 g/mol. The predicted octanol–water partition coefficient (Wildman–Crippen LogP) is 0.663. The van der Waals surface area contributed by atoms with Crippen molar-refractivity contribution in [3.63, 3.8) is 0 Å². The molecular formula is C12H18N4O. The van der Waals surface area contributed by atoms with Crippen LogP contribution in [0.25, 0.3) is 0 Å². The van der Waals surface area contributed by atoms with Gasteiger partial charge in [0.1, 0.15) is 11.5 Å². The molecule has 5 nitrogen and oxygen atoms in total. The molecular weight excluding hydrogens is 216 g/mol. The average Bonchev–Trinajstić information content (AvgIpc) is 2.32. The minimum Gasteiger partial charge on any atom is -0.384 e. The number of aromatic nitrogens is 1. The van der Waals surface area contributed by atoms with Crippen molar-refractivity contribution < 1.29 is 4.79 Å². The summed E-state index contributed by atoms with van der Waals surface area (Å²) in [5, 5.41) is 2.97. The van der Waals surface area contributed by atoms with Gasteiger partial charge in [0.25, 0.3) is 5.91 Å². The van der Waals surface area contributed by atoms with E-state index in [0.717, 1.165) is 25.7 Å². The topological polar surface area (TPSA) is 94.0 Å². The molecule has 1 amide bonds. The van der Waals surface area contributed by atoms with E-state index in [1.54, 1.807) is 18.2 Å². The number of carbonyl (C=O) groups is 1. The first-order chi connectivity index (χ1) is 8.15. The number of pyridine rings is 1. The molecule has 5 heteroatoms.